The molecule has 6 nitrogen and oxygen atoms in total. The van der Waals surface area contributed by atoms with Crippen molar-refractivity contribution < 1.29 is 22.0 Å². The molecular formula is C19H10ClF4N3O3. The molecule has 2 heterocycles. The summed E-state index contributed by atoms with van der Waals surface area (Å²) >= 11 is 6.09. The molecule has 0 radical (unpaired) electrons. The van der Waals surface area contributed by atoms with E-state index in [1.165, 1.54) is 0 Å². The van der Waals surface area contributed by atoms with E-state index in [9.17, 15) is 27.2 Å². The minimum absolute atomic E-state index is 0.0146. The monoisotopic (exact) mass is 439 g/mol. The van der Waals surface area contributed by atoms with Crippen molar-refractivity contribution in [1.82, 2.24) is 14.1 Å². The Kier molecular flexibility index (Phi) is 4.53. The first-order valence-corrected chi connectivity index (χ1v) is 8.71. The Morgan fingerprint density at radius 1 is 1.10 bits per heavy atom. The van der Waals surface area contributed by atoms with Crippen molar-refractivity contribution in [2.45, 2.75) is 6.18 Å². The van der Waals surface area contributed by atoms with Crippen molar-refractivity contribution in [3.63, 3.8) is 0 Å². The fourth-order valence-electron chi connectivity index (χ4n) is 2.98. The molecular weight excluding hydrogens is 430 g/mol. The summed E-state index contributed by atoms with van der Waals surface area (Å²) in [4.78, 5) is 29.0. The molecule has 0 saturated carbocycles. The van der Waals surface area contributed by atoms with Crippen LogP contribution in [0.5, 0.6) is 0 Å². The summed E-state index contributed by atoms with van der Waals surface area (Å²) in [5.41, 5.74) is -3.82. The van der Waals surface area contributed by atoms with Gasteiger partial charge in [-0.2, -0.15) is 13.2 Å². The van der Waals surface area contributed by atoms with Crippen LogP contribution in [0.4, 0.5) is 17.6 Å². The Balaban J connectivity index is 1.97. The molecule has 4 rings (SSSR count). The number of fused-ring (bicyclic) bond motifs is 1. The van der Waals surface area contributed by atoms with Gasteiger partial charge < -0.3 is 4.42 Å². The Morgan fingerprint density at radius 2 is 1.80 bits per heavy atom. The fraction of sp³-hybridized carbons (Fsp3) is 0.105. The van der Waals surface area contributed by atoms with Crippen LogP contribution in [-0.2, 0) is 13.2 Å². The number of alkyl halides is 3. The highest BCUT2D eigenvalue weighted by molar-refractivity contribution is 6.33. The van der Waals surface area contributed by atoms with Crippen LogP contribution in [-0.4, -0.2) is 14.1 Å². The topological polar surface area (TPSA) is 70.0 Å². The second-order valence-electron chi connectivity index (χ2n) is 6.31. The molecule has 30 heavy (non-hydrogen) atoms. The van der Waals surface area contributed by atoms with Crippen LogP contribution < -0.4 is 11.2 Å². The number of oxazole rings is 1. The molecule has 4 aromatic rings. The number of para-hydroxylation sites is 2. The van der Waals surface area contributed by atoms with Crippen LogP contribution in [0.25, 0.3) is 28.2 Å². The zero-order valence-corrected chi connectivity index (χ0v) is 15.8. The largest absolute Gasteiger partial charge is 0.436 e. The van der Waals surface area contributed by atoms with Gasteiger partial charge in [0.25, 0.3) is 5.56 Å². The van der Waals surface area contributed by atoms with Crippen LogP contribution in [0.2, 0.25) is 5.02 Å². The number of hydrogen-bond acceptors (Lipinski definition) is 4. The predicted octanol–water partition coefficient (Wildman–Crippen LogP) is 4.16. The molecule has 11 heteroatoms. The zero-order chi connectivity index (χ0) is 21.8. The average molecular weight is 440 g/mol. The quantitative estimate of drug-likeness (QED) is 0.440. The average Bonchev–Trinajstić information content (AvgIpc) is 3.09. The van der Waals surface area contributed by atoms with Gasteiger partial charge in [0.1, 0.15) is 17.0 Å². The van der Waals surface area contributed by atoms with Gasteiger partial charge in [-0.3, -0.25) is 9.36 Å². The minimum Gasteiger partial charge on any atom is -0.436 e. The summed E-state index contributed by atoms with van der Waals surface area (Å²) in [6, 6.07) is 8.80. The van der Waals surface area contributed by atoms with Gasteiger partial charge in [0, 0.05) is 13.1 Å². The molecule has 0 N–H and O–H groups in total. The predicted molar refractivity (Wildman–Crippen MR) is 100 cm³/mol. The lowest BCUT2D eigenvalue weighted by Crippen LogP contribution is -2.41. The van der Waals surface area contributed by atoms with Crippen molar-refractivity contribution in [3.8, 4) is 17.1 Å². The second-order valence-corrected chi connectivity index (χ2v) is 6.72. The van der Waals surface area contributed by atoms with E-state index in [4.69, 9.17) is 16.0 Å². The lowest BCUT2D eigenvalue weighted by molar-refractivity contribution is -0.144. The van der Waals surface area contributed by atoms with Gasteiger partial charge >= 0.3 is 11.9 Å². The molecule has 2 aromatic heterocycles. The Hall–Kier alpha value is -3.40. The van der Waals surface area contributed by atoms with Crippen molar-refractivity contribution in [1.29, 1.82) is 0 Å². The number of nitrogens with zero attached hydrogens (tertiary/aromatic N) is 3. The highest BCUT2D eigenvalue weighted by Crippen LogP contribution is 2.33. The Bertz CT molecular complexity index is 1390. The third kappa shape index (κ3) is 3.18. The fourth-order valence-corrected chi connectivity index (χ4v) is 3.21. The summed E-state index contributed by atoms with van der Waals surface area (Å²) in [7, 11) is 0.830. The summed E-state index contributed by atoms with van der Waals surface area (Å²) in [5, 5.41) is -0.125. The molecule has 0 spiro atoms. The van der Waals surface area contributed by atoms with E-state index in [0.29, 0.717) is 11.1 Å². The van der Waals surface area contributed by atoms with E-state index >= 15 is 0 Å². The van der Waals surface area contributed by atoms with Crippen molar-refractivity contribution in [2.24, 2.45) is 7.05 Å². The van der Waals surface area contributed by atoms with Crippen molar-refractivity contribution >= 4 is 22.7 Å². The zero-order valence-electron chi connectivity index (χ0n) is 15.0. The van der Waals surface area contributed by atoms with Gasteiger partial charge in [-0.25, -0.2) is 18.7 Å². The Morgan fingerprint density at radius 3 is 2.47 bits per heavy atom. The van der Waals surface area contributed by atoms with E-state index in [1.807, 2.05) is 0 Å². The van der Waals surface area contributed by atoms with Crippen LogP contribution in [0.3, 0.4) is 0 Å². The van der Waals surface area contributed by atoms with Crippen LogP contribution in [0.15, 0.2) is 56.5 Å². The maximum atomic E-state index is 14.6. The molecule has 0 aliphatic carbocycles. The molecule has 0 unspecified atom stereocenters. The van der Waals surface area contributed by atoms with Crippen molar-refractivity contribution in [3.05, 3.63) is 79.8 Å². The van der Waals surface area contributed by atoms with Crippen molar-refractivity contribution in [2.75, 3.05) is 0 Å². The first kappa shape index (κ1) is 19.9. The van der Waals surface area contributed by atoms with Crippen LogP contribution in [0, 0.1) is 5.82 Å². The smallest absolute Gasteiger partial charge is 0.431 e. The SMILES string of the molecule is Cn1c(C(F)(F)F)cc(=O)n(-c2cc(-c3nc4ccccc4o3)c(Cl)cc2F)c1=O. The van der Waals surface area contributed by atoms with Gasteiger partial charge in [-0.15, -0.1) is 0 Å². The van der Waals surface area contributed by atoms with Gasteiger partial charge in [0.05, 0.1) is 16.3 Å². The molecule has 0 atom stereocenters. The molecule has 0 bridgehead atoms. The molecule has 0 amide bonds. The number of aromatic nitrogens is 3. The maximum Gasteiger partial charge on any atom is 0.431 e. The second kappa shape index (κ2) is 6.84. The third-order valence-corrected chi connectivity index (χ3v) is 4.72. The third-order valence-electron chi connectivity index (χ3n) is 4.41. The first-order chi connectivity index (χ1) is 14.1. The lowest BCUT2D eigenvalue weighted by atomic mass is 10.2. The van der Waals surface area contributed by atoms with Gasteiger partial charge in [0.15, 0.2) is 5.58 Å². The number of benzene rings is 2. The normalized spacial score (nSPS) is 11.9. The molecule has 0 aliphatic rings. The maximum absolute atomic E-state index is 14.6. The van der Waals surface area contributed by atoms with E-state index in [2.05, 4.69) is 4.98 Å². The standard InChI is InChI=1S/C19H10ClF4N3O3/c1-26-15(19(22,23)24)8-16(28)27(18(26)29)13-6-9(10(20)7-11(13)21)17-25-12-4-2-3-5-14(12)30-17/h2-8H,1H3. The number of halogens is 5. The van der Waals surface area contributed by atoms with Gasteiger partial charge in [-0.05, 0) is 24.3 Å². The van der Waals surface area contributed by atoms with Gasteiger partial charge in [-0.1, -0.05) is 23.7 Å². The number of rotatable bonds is 2. The summed E-state index contributed by atoms with van der Waals surface area (Å²) in [6.45, 7) is 0. The van der Waals surface area contributed by atoms with E-state index in [0.717, 1.165) is 19.2 Å². The molecule has 154 valence electrons. The number of hydrogen-bond donors (Lipinski definition) is 0. The molecule has 0 saturated heterocycles. The highest BCUT2D eigenvalue weighted by Gasteiger charge is 2.35. The van der Waals surface area contributed by atoms with E-state index < -0.39 is 34.6 Å². The lowest BCUT2D eigenvalue weighted by Gasteiger charge is -2.15. The highest BCUT2D eigenvalue weighted by atomic mass is 35.5. The minimum atomic E-state index is -4.94. The molecule has 0 fully saturated rings. The summed E-state index contributed by atoms with van der Waals surface area (Å²) < 4.78 is 59.8. The summed E-state index contributed by atoms with van der Waals surface area (Å²) in [5.74, 6) is -1.10. The van der Waals surface area contributed by atoms with Crippen LogP contribution in [0.1, 0.15) is 5.69 Å². The van der Waals surface area contributed by atoms with E-state index in [1.54, 1.807) is 24.3 Å². The Labute approximate surface area is 169 Å². The van der Waals surface area contributed by atoms with E-state index in [-0.39, 0.29) is 31.7 Å². The molecule has 2 aromatic carbocycles. The summed E-state index contributed by atoms with van der Waals surface area (Å²) in [6.07, 6.45) is -4.94. The van der Waals surface area contributed by atoms with Gasteiger partial charge in [0.2, 0.25) is 5.89 Å². The van der Waals surface area contributed by atoms with Crippen LogP contribution >= 0.6 is 11.6 Å². The molecule has 0 aliphatic heterocycles. The first-order valence-electron chi connectivity index (χ1n) is 8.33.